The van der Waals surface area contributed by atoms with Gasteiger partial charge < -0.3 is 10.5 Å². The zero-order valence-electron chi connectivity index (χ0n) is 11.3. The minimum Gasteiger partial charge on any atom is -0.489 e. The summed E-state index contributed by atoms with van der Waals surface area (Å²) in [5, 5.41) is 8.82. The molecule has 0 heterocycles. The van der Waals surface area contributed by atoms with Crippen LogP contribution in [0.4, 0.5) is 4.39 Å². The average Bonchev–Trinajstić information content (AvgIpc) is 2.52. The van der Waals surface area contributed by atoms with Crippen LogP contribution < -0.4 is 10.5 Å². The SMILES string of the molecule is N#Cc1ccc(F)c(COc2cccc(C#CCN)c2)c1. The Hall–Kier alpha value is -2.82. The van der Waals surface area contributed by atoms with Gasteiger partial charge >= 0.3 is 0 Å². The molecule has 0 saturated heterocycles. The predicted octanol–water partition coefficient (Wildman–Crippen LogP) is 2.59. The highest BCUT2D eigenvalue weighted by atomic mass is 19.1. The molecule has 2 rings (SSSR count). The first-order valence-corrected chi connectivity index (χ1v) is 6.33. The molecule has 0 aliphatic rings. The summed E-state index contributed by atoms with van der Waals surface area (Å²) < 4.78 is 19.2. The molecule has 0 saturated carbocycles. The minimum absolute atomic E-state index is 0.0507. The van der Waals surface area contributed by atoms with E-state index in [0.717, 1.165) is 5.56 Å². The van der Waals surface area contributed by atoms with Crippen molar-refractivity contribution >= 4 is 0 Å². The zero-order chi connectivity index (χ0) is 15.1. The second-order valence-corrected chi connectivity index (χ2v) is 4.24. The molecule has 0 atom stereocenters. The van der Waals surface area contributed by atoms with E-state index in [4.69, 9.17) is 15.7 Å². The van der Waals surface area contributed by atoms with Gasteiger partial charge in [0.1, 0.15) is 18.2 Å². The molecule has 0 aromatic heterocycles. The lowest BCUT2D eigenvalue weighted by Crippen LogP contribution is -1.99. The van der Waals surface area contributed by atoms with Gasteiger partial charge in [-0.2, -0.15) is 5.26 Å². The topological polar surface area (TPSA) is 59.0 Å². The largest absolute Gasteiger partial charge is 0.489 e. The number of nitrogens with zero attached hydrogens (tertiary/aromatic N) is 1. The number of nitriles is 1. The molecule has 4 heteroatoms. The Morgan fingerprint density at radius 3 is 2.76 bits per heavy atom. The Bertz CT molecular complexity index is 738. The molecular formula is C17H13FN2O. The summed E-state index contributed by atoms with van der Waals surface area (Å²) in [5.74, 6) is 5.84. The first-order chi connectivity index (χ1) is 10.2. The third-order valence-corrected chi connectivity index (χ3v) is 2.74. The summed E-state index contributed by atoms with van der Waals surface area (Å²) in [6.45, 7) is 0.340. The fourth-order valence-electron chi connectivity index (χ4n) is 1.73. The standard InChI is InChI=1S/C17H13FN2O/c18-17-7-6-14(11-20)9-15(17)12-21-16-5-1-3-13(10-16)4-2-8-19/h1,3,5-7,9-10H,8,12,19H2. The van der Waals surface area contributed by atoms with Crippen LogP contribution >= 0.6 is 0 Å². The van der Waals surface area contributed by atoms with Crippen LogP contribution in [0.2, 0.25) is 0 Å². The van der Waals surface area contributed by atoms with Gasteiger partial charge in [-0.15, -0.1) is 0 Å². The van der Waals surface area contributed by atoms with Crippen molar-refractivity contribution in [3.05, 3.63) is 65.0 Å². The first kappa shape index (κ1) is 14.6. The van der Waals surface area contributed by atoms with Crippen LogP contribution in [-0.2, 0) is 6.61 Å². The number of ether oxygens (including phenoxy) is 1. The lowest BCUT2D eigenvalue weighted by atomic mass is 10.1. The Labute approximate surface area is 122 Å². The van der Waals surface area contributed by atoms with Crippen LogP contribution in [0.25, 0.3) is 0 Å². The monoisotopic (exact) mass is 280 g/mol. The van der Waals surface area contributed by atoms with Crippen molar-refractivity contribution in [2.24, 2.45) is 5.73 Å². The fraction of sp³-hybridized carbons (Fsp3) is 0.118. The maximum absolute atomic E-state index is 13.6. The van der Waals surface area contributed by atoms with Crippen LogP contribution in [0.1, 0.15) is 16.7 Å². The van der Waals surface area contributed by atoms with Crippen molar-refractivity contribution in [1.29, 1.82) is 5.26 Å². The molecular weight excluding hydrogens is 267 g/mol. The number of rotatable bonds is 3. The van der Waals surface area contributed by atoms with E-state index in [1.54, 1.807) is 18.2 Å². The van der Waals surface area contributed by atoms with E-state index in [9.17, 15) is 4.39 Å². The van der Waals surface area contributed by atoms with Crippen LogP contribution in [0.5, 0.6) is 5.75 Å². The predicted molar refractivity (Wildman–Crippen MR) is 77.8 cm³/mol. The van der Waals surface area contributed by atoms with Gasteiger partial charge in [0.2, 0.25) is 0 Å². The van der Waals surface area contributed by atoms with Gasteiger partial charge in [-0.25, -0.2) is 4.39 Å². The molecule has 3 nitrogen and oxygen atoms in total. The van der Waals surface area contributed by atoms with Crippen LogP contribution in [0.15, 0.2) is 42.5 Å². The van der Waals surface area contributed by atoms with Gasteiger partial charge in [-0.05, 0) is 36.4 Å². The van der Waals surface area contributed by atoms with E-state index in [2.05, 4.69) is 11.8 Å². The van der Waals surface area contributed by atoms with Gasteiger partial charge in [0.15, 0.2) is 0 Å². The smallest absolute Gasteiger partial charge is 0.129 e. The van der Waals surface area contributed by atoms with Crippen molar-refractivity contribution in [3.63, 3.8) is 0 Å². The zero-order valence-corrected chi connectivity index (χ0v) is 11.3. The second-order valence-electron chi connectivity index (χ2n) is 4.24. The van der Waals surface area contributed by atoms with Crippen molar-refractivity contribution < 1.29 is 9.13 Å². The lowest BCUT2D eigenvalue weighted by molar-refractivity contribution is 0.300. The summed E-state index contributed by atoms with van der Waals surface area (Å²) in [5.41, 5.74) is 6.84. The molecule has 0 radical (unpaired) electrons. The van der Waals surface area contributed by atoms with Gasteiger partial charge in [-0.1, -0.05) is 17.9 Å². The summed E-state index contributed by atoms with van der Waals surface area (Å²) in [4.78, 5) is 0. The maximum atomic E-state index is 13.6. The molecule has 21 heavy (non-hydrogen) atoms. The summed E-state index contributed by atoms with van der Waals surface area (Å²) in [7, 11) is 0. The van der Waals surface area contributed by atoms with Crippen molar-refractivity contribution in [2.75, 3.05) is 6.54 Å². The molecule has 2 aromatic carbocycles. The minimum atomic E-state index is -0.395. The molecule has 0 fully saturated rings. The number of nitrogens with two attached hydrogens (primary N) is 1. The van der Waals surface area contributed by atoms with Crippen LogP contribution in [-0.4, -0.2) is 6.54 Å². The van der Waals surface area contributed by atoms with Crippen LogP contribution in [0.3, 0.4) is 0 Å². The number of benzene rings is 2. The summed E-state index contributed by atoms with van der Waals surface area (Å²) in [6, 6.07) is 13.3. The van der Waals surface area contributed by atoms with Crippen LogP contribution in [0, 0.1) is 29.0 Å². The summed E-state index contributed by atoms with van der Waals surface area (Å²) >= 11 is 0. The Balaban J connectivity index is 2.11. The third kappa shape index (κ3) is 4.07. The fourth-order valence-corrected chi connectivity index (χ4v) is 1.73. The molecule has 0 spiro atoms. The number of hydrogen-bond acceptors (Lipinski definition) is 3. The second kappa shape index (κ2) is 7.09. The van der Waals surface area contributed by atoms with Gasteiger partial charge in [0, 0.05) is 11.1 Å². The van der Waals surface area contributed by atoms with Gasteiger partial charge in [0.05, 0.1) is 18.2 Å². The van der Waals surface area contributed by atoms with Crippen molar-refractivity contribution in [1.82, 2.24) is 0 Å². The van der Waals surface area contributed by atoms with E-state index in [1.165, 1.54) is 18.2 Å². The lowest BCUT2D eigenvalue weighted by Gasteiger charge is -2.07. The van der Waals surface area contributed by atoms with Gasteiger partial charge in [-0.3, -0.25) is 0 Å². The first-order valence-electron chi connectivity index (χ1n) is 6.33. The number of halogens is 1. The molecule has 0 aliphatic carbocycles. The quantitative estimate of drug-likeness (QED) is 0.879. The Kier molecular flexibility index (Phi) is 4.93. The van der Waals surface area contributed by atoms with Crippen molar-refractivity contribution in [2.45, 2.75) is 6.61 Å². The third-order valence-electron chi connectivity index (χ3n) is 2.74. The van der Waals surface area contributed by atoms with E-state index in [1.807, 2.05) is 12.1 Å². The summed E-state index contributed by atoms with van der Waals surface area (Å²) in [6.07, 6.45) is 0. The highest BCUT2D eigenvalue weighted by Gasteiger charge is 2.05. The number of hydrogen-bond donors (Lipinski definition) is 1. The molecule has 0 amide bonds. The molecule has 104 valence electrons. The molecule has 0 aliphatic heterocycles. The van der Waals surface area contributed by atoms with E-state index in [-0.39, 0.29) is 13.2 Å². The molecule has 2 N–H and O–H groups in total. The highest BCUT2D eigenvalue weighted by Crippen LogP contribution is 2.17. The normalized spacial score (nSPS) is 9.38. The maximum Gasteiger partial charge on any atom is 0.129 e. The molecule has 0 unspecified atom stereocenters. The average molecular weight is 280 g/mol. The Morgan fingerprint density at radius 1 is 1.14 bits per heavy atom. The van der Waals surface area contributed by atoms with E-state index >= 15 is 0 Å². The molecule has 0 bridgehead atoms. The van der Waals surface area contributed by atoms with Gasteiger partial charge in [0.25, 0.3) is 0 Å². The van der Waals surface area contributed by atoms with E-state index < -0.39 is 5.82 Å². The molecule has 2 aromatic rings. The van der Waals surface area contributed by atoms with E-state index in [0.29, 0.717) is 16.9 Å². The van der Waals surface area contributed by atoms with Crippen molar-refractivity contribution in [3.8, 4) is 23.7 Å². The highest BCUT2D eigenvalue weighted by molar-refractivity contribution is 5.40. The Morgan fingerprint density at radius 2 is 2.00 bits per heavy atom.